The summed E-state index contributed by atoms with van der Waals surface area (Å²) in [6.07, 6.45) is 6.03. The van der Waals surface area contributed by atoms with Crippen molar-refractivity contribution in [2.24, 2.45) is 5.41 Å². The van der Waals surface area contributed by atoms with E-state index in [2.05, 4.69) is 61.5 Å². The number of nitrogens with zero attached hydrogens (tertiary/aromatic N) is 1. The van der Waals surface area contributed by atoms with Gasteiger partial charge >= 0.3 is 0 Å². The Balaban J connectivity index is 2.10. The number of likely N-dealkylation sites (N-methyl/N-ethyl adjacent to an activating group) is 1. The third-order valence-electron chi connectivity index (χ3n) is 4.43. The lowest BCUT2D eigenvalue weighted by molar-refractivity contribution is -0.129. The minimum absolute atomic E-state index is 0.139. The third-order valence-corrected chi connectivity index (χ3v) is 4.43. The number of hydrogen-bond acceptors (Lipinski definition) is 2. The smallest absolute Gasteiger partial charge is 0.226 e. The van der Waals surface area contributed by atoms with E-state index in [-0.39, 0.29) is 11.3 Å². The molecule has 1 atom stereocenters. The van der Waals surface area contributed by atoms with Crippen LogP contribution in [0.2, 0.25) is 0 Å². The van der Waals surface area contributed by atoms with Crippen LogP contribution in [-0.2, 0) is 17.6 Å². The Bertz CT molecular complexity index is 550. The largest absolute Gasteiger partial charge is 0.359 e. The molecule has 21 heavy (non-hydrogen) atoms. The second kappa shape index (κ2) is 6.44. The maximum atomic E-state index is 12.0. The molecule has 1 aliphatic carbocycles. The highest BCUT2D eigenvalue weighted by Crippen LogP contribution is 2.37. The van der Waals surface area contributed by atoms with Crippen molar-refractivity contribution in [3.63, 3.8) is 0 Å². The van der Waals surface area contributed by atoms with Crippen molar-refractivity contribution in [3.05, 3.63) is 41.0 Å². The summed E-state index contributed by atoms with van der Waals surface area (Å²) >= 11 is 0. The minimum Gasteiger partial charge on any atom is -0.359 e. The lowest BCUT2D eigenvalue weighted by Gasteiger charge is -2.20. The first kappa shape index (κ1) is 15.8. The molecule has 1 amide bonds. The first-order valence-corrected chi connectivity index (χ1v) is 7.67. The molecule has 114 valence electrons. The van der Waals surface area contributed by atoms with Crippen LogP contribution in [0.3, 0.4) is 0 Å². The first-order chi connectivity index (χ1) is 9.98. The zero-order valence-electron chi connectivity index (χ0n) is 13.6. The molecule has 2 rings (SSSR count). The lowest BCUT2D eigenvalue weighted by atomic mass is 9.86. The molecule has 1 aromatic carbocycles. The van der Waals surface area contributed by atoms with E-state index in [0.717, 1.165) is 25.9 Å². The Morgan fingerprint density at radius 2 is 2.10 bits per heavy atom. The molecule has 0 aromatic heterocycles. The fraction of sp³-hybridized carbons (Fsp3) is 0.500. The molecule has 1 aliphatic rings. The molecule has 3 heteroatoms. The van der Waals surface area contributed by atoms with Gasteiger partial charge in [-0.2, -0.15) is 0 Å². The van der Waals surface area contributed by atoms with Crippen molar-refractivity contribution in [3.8, 4) is 0 Å². The SMILES string of the molecule is CCN(C)C/C=C/c1ccc2c(c1)CC(C)(C(=O)NC)C2. The van der Waals surface area contributed by atoms with E-state index in [1.165, 1.54) is 16.7 Å². The molecule has 0 spiro atoms. The molecule has 0 aliphatic heterocycles. The Hall–Kier alpha value is -1.61. The van der Waals surface area contributed by atoms with E-state index in [9.17, 15) is 4.79 Å². The molecule has 1 aromatic rings. The Kier molecular flexibility index (Phi) is 4.84. The second-order valence-electron chi connectivity index (χ2n) is 6.28. The summed E-state index contributed by atoms with van der Waals surface area (Å²) in [5.41, 5.74) is 3.55. The molecular formula is C18H26N2O. The standard InChI is InChI=1S/C18H26N2O/c1-5-20(4)10-6-7-14-8-9-15-12-18(2,17(21)19-3)13-16(15)11-14/h6-9,11H,5,10,12-13H2,1-4H3,(H,19,21)/b7-6+. The highest BCUT2D eigenvalue weighted by molar-refractivity contribution is 5.83. The van der Waals surface area contributed by atoms with Gasteiger partial charge in [-0.05, 0) is 43.1 Å². The zero-order chi connectivity index (χ0) is 15.5. The topological polar surface area (TPSA) is 32.3 Å². The van der Waals surface area contributed by atoms with Crippen molar-refractivity contribution >= 4 is 12.0 Å². The maximum absolute atomic E-state index is 12.0. The van der Waals surface area contributed by atoms with Crippen LogP contribution >= 0.6 is 0 Å². The molecule has 3 nitrogen and oxygen atoms in total. The van der Waals surface area contributed by atoms with Gasteiger partial charge in [-0.3, -0.25) is 4.79 Å². The lowest BCUT2D eigenvalue weighted by Crippen LogP contribution is -2.37. The normalized spacial score (nSPS) is 21.0. The monoisotopic (exact) mass is 286 g/mol. The molecule has 0 saturated carbocycles. The summed E-state index contributed by atoms with van der Waals surface area (Å²) < 4.78 is 0. The molecule has 1 unspecified atom stereocenters. The minimum atomic E-state index is -0.290. The van der Waals surface area contributed by atoms with E-state index < -0.39 is 0 Å². The van der Waals surface area contributed by atoms with Crippen molar-refractivity contribution in [2.45, 2.75) is 26.7 Å². The zero-order valence-corrected chi connectivity index (χ0v) is 13.6. The molecule has 0 heterocycles. The fourth-order valence-corrected chi connectivity index (χ4v) is 2.95. The summed E-state index contributed by atoms with van der Waals surface area (Å²) in [7, 11) is 3.83. The van der Waals surface area contributed by atoms with E-state index in [0.29, 0.717) is 0 Å². The van der Waals surface area contributed by atoms with Gasteiger partial charge in [0.15, 0.2) is 0 Å². The van der Waals surface area contributed by atoms with Gasteiger partial charge in [-0.1, -0.05) is 44.2 Å². The number of amides is 1. The average molecular weight is 286 g/mol. The van der Waals surface area contributed by atoms with Gasteiger partial charge in [-0.25, -0.2) is 0 Å². The van der Waals surface area contributed by atoms with E-state index in [1.54, 1.807) is 7.05 Å². The van der Waals surface area contributed by atoms with Gasteiger partial charge in [0.25, 0.3) is 0 Å². The maximum Gasteiger partial charge on any atom is 0.226 e. The summed E-state index contributed by atoms with van der Waals surface area (Å²) in [6, 6.07) is 6.55. The second-order valence-corrected chi connectivity index (χ2v) is 6.28. The van der Waals surface area contributed by atoms with Gasteiger partial charge in [0.1, 0.15) is 0 Å². The number of carbonyl (C=O) groups is 1. The molecule has 1 N–H and O–H groups in total. The van der Waals surface area contributed by atoms with Crippen LogP contribution in [0.1, 0.15) is 30.5 Å². The number of nitrogens with one attached hydrogen (secondary N) is 1. The number of carbonyl (C=O) groups excluding carboxylic acids is 1. The van der Waals surface area contributed by atoms with Gasteiger partial charge in [0.05, 0.1) is 5.41 Å². The third kappa shape index (κ3) is 3.53. The Morgan fingerprint density at radius 3 is 2.76 bits per heavy atom. The summed E-state index contributed by atoms with van der Waals surface area (Å²) in [5.74, 6) is 0.139. The van der Waals surface area contributed by atoms with Crippen LogP contribution in [0.4, 0.5) is 0 Å². The van der Waals surface area contributed by atoms with Crippen LogP contribution in [0.5, 0.6) is 0 Å². The predicted molar refractivity (Wildman–Crippen MR) is 88.2 cm³/mol. The highest BCUT2D eigenvalue weighted by atomic mass is 16.2. The van der Waals surface area contributed by atoms with Gasteiger partial charge in [0.2, 0.25) is 5.91 Å². The Labute approximate surface area is 128 Å². The van der Waals surface area contributed by atoms with Gasteiger partial charge in [0, 0.05) is 13.6 Å². The van der Waals surface area contributed by atoms with Crippen LogP contribution in [-0.4, -0.2) is 38.0 Å². The van der Waals surface area contributed by atoms with Gasteiger partial charge < -0.3 is 10.2 Å². The fourth-order valence-electron chi connectivity index (χ4n) is 2.95. The van der Waals surface area contributed by atoms with Crippen molar-refractivity contribution in [2.75, 3.05) is 27.2 Å². The average Bonchev–Trinajstić information content (AvgIpc) is 2.82. The van der Waals surface area contributed by atoms with E-state index >= 15 is 0 Å². The van der Waals surface area contributed by atoms with Gasteiger partial charge in [-0.15, -0.1) is 0 Å². The summed E-state index contributed by atoms with van der Waals surface area (Å²) in [6.45, 7) is 6.23. The molecule has 0 radical (unpaired) electrons. The predicted octanol–water partition coefficient (Wildman–Crippen LogP) is 2.50. The van der Waals surface area contributed by atoms with Crippen molar-refractivity contribution in [1.82, 2.24) is 10.2 Å². The number of rotatable bonds is 5. The number of hydrogen-bond donors (Lipinski definition) is 1. The van der Waals surface area contributed by atoms with Crippen LogP contribution < -0.4 is 5.32 Å². The Morgan fingerprint density at radius 1 is 1.38 bits per heavy atom. The number of benzene rings is 1. The van der Waals surface area contributed by atoms with E-state index in [4.69, 9.17) is 0 Å². The molecule has 0 fully saturated rings. The van der Waals surface area contributed by atoms with Crippen LogP contribution in [0.15, 0.2) is 24.3 Å². The summed E-state index contributed by atoms with van der Waals surface area (Å²) in [4.78, 5) is 14.3. The molecular weight excluding hydrogens is 260 g/mol. The van der Waals surface area contributed by atoms with Crippen molar-refractivity contribution < 1.29 is 4.79 Å². The summed E-state index contributed by atoms with van der Waals surface area (Å²) in [5, 5.41) is 2.79. The van der Waals surface area contributed by atoms with Crippen LogP contribution in [0.25, 0.3) is 6.08 Å². The van der Waals surface area contributed by atoms with Crippen LogP contribution in [0, 0.1) is 5.41 Å². The van der Waals surface area contributed by atoms with Crippen molar-refractivity contribution in [1.29, 1.82) is 0 Å². The van der Waals surface area contributed by atoms with E-state index in [1.807, 2.05) is 0 Å². The molecule has 0 saturated heterocycles. The highest BCUT2D eigenvalue weighted by Gasteiger charge is 2.38. The molecule has 0 bridgehead atoms. The first-order valence-electron chi connectivity index (χ1n) is 7.67. The quantitative estimate of drug-likeness (QED) is 0.902. The number of fused-ring (bicyclic) bond motifs is 1.